The van der Waals surface area contributed by atoms with E-state index in [0.29, 0.717) is 11.3 Å². The fourth-order valence-electron chi connectivity index (χ4n) is 1.47. The van der Waals surface area contributed by atoms with E-state index >= 15 is 0 Å². The summed E-state index contributed by atoms with van der Waals surface area (Å²) < 4.78 is 9.49. The van der Waals surface area contributed by atoms with Crippen molar-refractivity contribution in [2.45, 2.75) is 19.1 Å². The van der Waals surface area contributed by atoms with Gasteiger partial charge >= 0.3 is 5.97 Å². The minimum absolute atomic E-state index is 0.357. The van der Waals surface area contributed by atoms with E-state index in [4.69, 9.17) is 4.74 Å². The van der Waals surface area contributed by atoms with Gasteiger partial charge in [0.05, 0.1) is 20.3 Å². The Balaban J connectivity index is 2.78. The van der Waals surface area contributed by atoms with Gasteiger partial charge in [-0.2, -0.15) is 0 Å². The molecular formula is C13H17NO5. The first-order chi connectivity index (χ1) is 8.99. The molecule has 0 aliphatic rings. The summed E-state index contributed by atoms with van der Waals surface area (Å²) in [6, 6.07) is 5.28. The summed E-state index contributed by atoms with van der Waals surface area (Å²) in [4.78, 5) is 23.3. The summed E-state index contributed by atoms with van der Waals surface area (Å²) in [6.45, 7) is 1.40. The van der Waals surface area contributed by atoms with Crippen LogP contribution in [-0.2, 0) is 9.53 Å². The molecule has 0 bridgehead atoms. The SMILES string of the molecule is COC(=O)[C@@H](NC(=O)c1ccc(OC)cc1)[C@@H](C)O. The van der Waals surface area contributed by atoms with Crippen LogP contribution in [0.2, 0.25) is 0 Å². The molecule has 2 N–H and O–H groups in total. The zero-order valence-electron chi connectivity index (χ0n) is 11.0. The highest BCUT2D eigenvalue weighted by molar-refractivity contribution is 5.97. The van der Waals surface area contributed by atoms with Crippen LogP contribution in [0.4, 0.5) is 0 Å². The molecule has 6 heteroatoms. The van der Waals surface area contributed by atoms with Gasteiger partial charge in [0.25, 0.3) is 5.91 Å². The largest absolute Gasteiger partial charge is 0.497 e. The Kier molecular flexibility index (Phi) is 5.32. The number of methoxy groups -OCH3 is 2. The Morgan fingerprint density at radius 2 is 1.79 bits per heavy atom. The predicted octanol–water partition coefficient (Wildman–Crippen LogP) is 0.347. The Morgan fingerprint density at radius 3 is 2.21 bits per heavy atom. The third kappa shape index (κ3) is 3.96. The smallest absolute Gasteiger partial charge is 0.331 e. The van der Waals surface area contributed by atoms with Crippen LogP contribution < -0.4 is 10.1 Å². The lowest BCUT2D eigenvalue weighted by atomic mass is 10.1. The number of carbonyl (C=O) groups excluding carboxylic acids is 2. The van der Waals surface area contributed by atoms with Crippen molar-refractivity contribution < 1.29 is 24.2 Å². The molecule has 0 unspecified atom stereocenters. The Morgan fingerprint density at radius 1 is 1.21 bits per heavy atom. The van der Waals surface area contributed by atoms with E-state index in [-0.39, 0.29) is 0 Å². The Bertz CT molecular complexity index is 441. The number of benzene rings is 1. The summed E-state index contributed by atoms with van der Waals surface area (Å²) in [7, 11) is 2.72. The lowest BCUT2D eigenvalue weighted by molar-refractivity contribution is -0.145. The predicted molar refractivity (Wildman–Crippen MR) is 67.9 cm³/mol. The maximum atomic E-state index is 11.9. The second-order valence-electron chi connectivity index (χ2n) is 3.94. The van der Waals surface area contributed by atoms with Gasteiger partial charge in [0.15, 0.2) is 6.04 Å². The van der Waals surface area contributed by atoms with Crippen LogP contribution in [0.1, 0.15) is 17.3 Å². The zero-order valence-corrected chi connectivity index (χ0v) is 11.0. The third-order valence-electron chi connectivity index (χ3n) is 2.58. The molecule has 0 saturated heterocycles. The minimum Gasteiger partial charge on any atom is -0.497 e. The number of hydrogen-bond acceptors (Lipinski definition) is 5. The number of rotatable bonds is 5. The standard InChI is InChI=1S/C13H17NO5/c1-8(15)11(13(17)19-3)14-12(16)9-4-6-10(18-2)7-5-9/h4-8,11,15H,1-3H3,(H,14,16)/t8-,11+/m1/s1. The van der Waals surface area contributed by atoms with Gasteiger partial charge in [-0.05, 0) is 31.2 Å². The lowest BCUT2D eigenvalue weighted by Gasteiger charge is -2.18. The van der Waals surface area contributed by atoms with Crippen molar-refractivity contribution in [3.05, 3.63) is 29.8 Å². The molecule has 104 valence electrons. The summed E-state index contributed by atoms with van der Waals surface area (Å²) in [5.41, 5.74) is 0.357. The van der Waals surface area contributed by atoms with Gasteiger partial charge in [-0.25, -0.2) is 4.79 Å². The van der Waals surface area contributed by atoms with Gasteiger partial charge in [0, 0.05) is 5.56 Å². The normalized spacial score (nSPS) is 13.3. The molecule has 19 heavy (non-hydrogen) atoms. The fourth-order valence-corrected chi connectivity index (χ4v) is 1.47. The van der Waals surface area contributed by atoms with Gasteiger partial charge in [-0.3, -0.25) is 4.79 Å². The number of carbonyl (C=O) groups is 2. The molecule has 1 amide bonds. The first-order valence-electron chi connectivity index (χ1n) is 5.70. The van der Waals surface area contributed by atoms with Crippen LogP contribution >= 0.6 is 0 Å². The number of amides is 1. The van der Waals surface area contributed by atoms with Crippen molar-refractivity contribution >= 4 is 11.9 Å². The molecule has 0 saturated carbocycles. The third-order valence-corrected chi connectivity index (χ3v) is 2.58. The molecule has 2 atom stereocenters. The van der Waals surface area contributed by atoms with Gasteiger partial charge in [-0.1, -0.05) is 0 Å². The van der Waals surface area contributed by atoms with Crippen LogP contribution in [0.25, 0.3) is 0 Å². The summed E-state index contributed by atoms with van der Waals surface area (Å²) in [5.74, 6) is -0.549. The molecule has 0 fully saturated rings. The first-order valence-corrected chi connectivity index (χ1v) is 5.70. The highest BCUT2D eigenvalue weighted by Gasteiger charge is 2.26. The summed E-state index contributed by atoms with van der Waals surface area (Å²) in [5, 5.41) is 11.9. The summed E-state index contributed by atoms with van der Waals surface area (Å²) in [6.07, 6.45) is -1.05. The van der Waals surface area contributed by atoms with Crippen molar-refractivity contribution in [3.8, 4) is 5.75 Å². The monoisotopic (exact) mass is 267 g/mol. The second kappa shape index (κ2) is 6.75. The highest BCUT2D eigenvalue weighted by atomic mass is 16.5. The second-order valence-corrected chi connectivity index (χ2v) is 3.94. The topological polar surface area (TPSA) is 84.9 Å². The lowest BCUT2D eigenvalue weighted by Crippen LogP contribution is -2.48. The van der Waals surface area contributed by atoms with Gasteiger partial charge < -0.3 is 19.9 Å². The van der Waals surface area contributed by atoms with E-state index < -0.39 is 24.0 Å². The van der Waals surface area contributed by atoms with E-state index in [1.807, 2.05) is 0 Å². The van der Waals surface area contributed by atoms with Crippen LogP contribution in [0, 0.1) is 0 Å². The molecule has 0 aromatic heterocycles. The molecule has 0 radical (unpaired) electrons. The van der Waals surface area contributed by atoms with Crippen molar-refractivity contribution in [2.24, 2.45) is 0 Å². The van der Waals surface area contributed by atoms with E-state index in [1.54, 1.807) is 24.3 Å². The van der Waals surface area contributed by atoms with Crippen LogP contribution in [0.15, 0.2) is 24.3 Å². The minimum atomic E-state index is -1.10. The molecule has 1 aromatic carbocycles. The van der Waals surface area contributed by atoms with Crippen LogP contribution in [0.3, 0.4) is 0 Å². The maximum Gasteiger partial charge on any atom is 0.331 e. The Labute approximate surface area is 111 Å². The van der Waals surface area contributed by atoms with Crippen molar-refractivity contribution in [1.29, 1.82) is 0 Å². The fraction of sp³-hybridized carbons (Fsp3) is 0.385. The zero-order chi connectivity index (χ0) is 14.4. The van der Waals surface area contributed by atoms with E-state index in [9.17, 15) is 14.7 Å². The average molecular weight is 267 g/mol. The first kappa shape index (κ1) is 15.0. The number of aliphatic hydroxyl groups is 1. The Hall–Kier alpha value is -2.08. The van der Waals surface area contributed by atoms with Crippen molar-refractivity contribution in [2.75, 3.05) is 14.2 Å². The quantitative estimate of drug-likeness (QED) is 0.752. The molecule has 0 aliphatic carbocycles. The number of aliphatic hydroxyl groups excluding tert-OH is 1. The van der Waals surface area contributed by atoms with E-state index in [2.05, 4.69) is 10.1 Å². The maximum absolute atomic E-state index is 11.9. The number of esters is 1. The molecule has 6 nitrogen and oxygen atoms in total. The van der Waals surface area contributed by atoms with E-state index in [0.717, 1.165) is 0 Å². The van der Waals surface area contributed by atoms with E-state index in [1.165, 1.54) is 21.1 Å². The molecule has 1 rings (SSSR count). The van der Waals surface area contributed by atoms with Crippen LogP contribution in [-0.4, -0.2) is 43.3 Å². The van der Waals surface area contributed by atoms with Gasteiger partial charge in [0.1, 0.15) is 5.75 Å². The number of hydrogen-bond donors (Lipinski definition) is 2. The molecular weight excluding hydrogens is 250 g/mol. The molecule has 0 aliphatic heterocycles. The summed E-state index contributed by atoms with van der Waals surface area (Å²) >= 11 is 0. The molecule has 0 heterocycles. The van der Waals surface area contributed by atoms with Crippen molar-refractivity contribution in [3.63, 3.8) is 0 Å². The van der Waals surface area contributed by atoms with Gasteiger partial charge in [-0.15, -0.1) is 0 Å². The van der Waals surface area contributed by atoms with Crippen LogP contribution in [0.5, 0.6) is 5.75 Å². The highest BCUT2D eigenvalue weighted by Crippen LogP contribution is 2.11. The molecule has 1 aromatic rings. The number of nitrogens with one attached hydrogen (secondary N) is 1. The van der Waals surface area contributed by atoms with Gasteiger partial charge in [0.2, 0.25) is 0 Å². The van der Waals surface area contributed by atoms with Crippen molar-refractivity contribution in [1.82, 2.24) is 5.32 Å². The molecule has 0 spiro atoms. The number of ether oxygens (including phenoxy) is 2. The average Bonchev–Trinajstić information content (AvgIpc) is 2.43.